The van der Waals surface area contributed by atoms with E-state index in [4.69, 9.17) is 0 Å². The van der Waals surface area contributed by atoms with Crippen molar-refractivity contribution in [3.05, 3.63) is 78.5 Å². The third-order valence-corrected chi connectivity index (χ3v) is 3.11. The molecule has 0 fully saturated rings. The van der Waals surface area contributed by atoms with Crippen LogP contribution in [0, 0.1) is 13.0 Å². The van der Waals surface area contributed by atoms with Gasteiger partial charge in [0.15, 0.2) is 0 Å². The van der Waals surface area contributed by atoms with Crippen molar-refractivity contribution in [3.8, 4) is 22.4 Å². The number of hydrogen-bond acceptors (Lipinski definition) is 1. The second-order valence-corrected chi connectivity index (χ2v) is 4.58. The number of benzene rings is 2. The van der Waals surface area contributed by atoms with Crippen molar-refractivity contribution >= 4 is 0 Å². The van der Waals surface area contributed by atoms with Crippen LogP contribution in [-0.4, -0.2) is 4.98 Å². The highest BCUT2D eigenvalue weighted by atomic mass is 14.7. The van der Waals surface area contributed by atoms with E-state index < -0.39 is 0 Å². The normalized spacial score (nSPS) is 10.4. The van der Waals surface area contributed by atoms with Crippen molar-refractivity contribution in [2.75, 3.05) is 0 Å². The first-order chi connectivity index (χ1) is 9.33. The summed E-state index contributed by atoms with van der Waals surface area (Å²) in [5.41, 5.74) is 5.55. The van der Waals surface area contributed by atoms with Crippen molar-refractivity contribution in [3.63, 3.8) is 0 Å². The van der Waals surface area contributed by atoms with E-state index in [-0.39, 0.29) is 0 Å². The minimum Gasteiger partial charge on any atom is -0.304 e. The Morgan fingerprint density at radius 1 is 0.842 bits per heavy atom. The van der Waals surface area contributed by atoms with Gasteiger partial charge < -0.3 is 4.98 Å². The molecule has 0 spiro atoms. The summed E-state index contributed by atoms with van der Waals surface area (Å²) in [5, 5.41) is 0. The molecule has 2 aromatic carbocycles. The molecule has 3 aromatic rings. The minimum atomic E-state index is 0.963. The zero-order valence-corrected chi connectivity index (χ0v) is 10.8. The van der Waals surface area contributed by atoms with Crippen molar-refractivity contribution in [1.29, 1.82) is 0 Å². The van der Waals surface area contributed by atoms with Crippen LogP contribution in [0.15, 0.2) is 66.9 Å². The van der Waals surface area contributed by atoms with Gasteiger partial charge >= 0.3 is 0 Å². The number of hydrogen-bond donors (Lipinski definition) is 0. The molecule has 0 aliphatic rings. The SMILES string of the molecule is Cc1ccc(-c2[c-]cc(-c3ccccc3)cc2)nc1. The van der Waals surface area contributed by atoms with Gasteiger partial charge in [-0.1, -0.05) is 53.6 Å². The fraction of sp³-hybridized carbons (Fsp3) is 0.0556. The topological polar surface area (TPSA) is 12.9 Å². The molecular formula is C18H14N-. The average molecular weight is 244 g/mol. The Kier molecular flexibility index (Phi) is 3.11. The van der Waals surface area contributed by atoms with Gasteiger partial charge in [0.1, 0.15) is 0 Å². The van der Waals surface area contributed by atoms with E-state index in [1.807, 2.05) is 43.5 Å². The van der Waals surface area contributed by atoms with Crippen LogP contribution in [0.25, 0.3) is 22.4 Å². The number of pyridine rings is 1. The fourth-order valence-electron chi connectivity index (χ4n) is 2.02. The van der Waals surface area contributed by atoms with Crippen LogP contribution < -0.4 is 0 Å². The molecule has 3 rings (SSSR count). The molecule has 0 radical (unpaired) electrons. The number of nitrogens with zero attached hydrogens (tertiary/aromatic N) is 1. The first-order valence-electron chi connectivity index (χ1n) is 6.33. The van der Waals surface area contributed by atoms with E-state index >= 15 is 0 Å². The summed E-state index contributed by atoms with van der Waals surface area (Å²) in [7, 11) is 0. The minimum absolute atomic E-state index is 0.963. The molecule has 0 saturated heterocycles. The average Bonchev–Trinajstić information content (AvgIpc) is 2.49. The van der Waals surface area contributed by atoms with Crippen LogP contribution in [0.5, 0.6) is 0 Å². The fourth-order valence-corrected chi connectivity index (χ4v) is 2.02. The summed E-state index contributed by atoms with van der Waals surface area (Å²) in [6.07, 6.45) is 1.88. The maximum atomic E-state index is 4.42. The summed E-state index contributed by atoms with van der Waals surface area (Å²) in [6.45, 7) is 2.04. The third kappa shape index (κ3) is 2.55. The third-order valence-electron chi connectivity index (χ3n) is 3.11. The molecule has 0 unspecified atom stereocenters. The lowest BCUT2D eigenvalue weighted by molar-refractivity contribution is 1.27. The predicted molar refractivity (Wildman–Crippen MR) is 78.7 cm³/mol. The second-order valence-electron chi connectivity index (χ2n) is 4.58. The van der Waals surface area contributed by atoms with E-state index in [2.05, 4.69) is 41.4 Å². The standard InChI is InChI=1S/C18H14N/c1-14-7-12-18(19-13-14)17-10-8-16(9-11-17)15-5-3-2-4-6-15/h2-10,12-13H,1H3/q-1. The molecule has 1 aromatic heterocycles. The Labute approximate surface area is 113 Å². The van der Waals surface area contributed by atoms with E-state index in [1.165, 1.54) is 16.7 Å². The Morgan fingerprint density at radius 2 is 1.68 bits per heavy atom. The zero-order valence-electron chi connectivity index (χ0n) is 10.8. The summed E-state index contributed by atoms with van der Waals surface area (Å²) in [5.74, 6) is 0. The molecule has 0 aliphatic carbocycles. The van der Waals surface area contributed by atoms with Gasteiger partial charge in [-0.15, -0.1) is 29.8 Å². The predicted octanol–water partition coefficient (Wildman–Crippen LogP) is 4.52. The van der Waals surface area contributed by atoms with Crippen molar-refractivity contribution in [2.45, 2.75) is 6.92 Å². The second kappa shape index (κ2) is 5.07. The number of aryl methyl sites for hydroxylation is 1. The van der Waals surface area contributed by atoms with Gasteiger partial charge in [0, 0.05) is 6.20 Å². The van der Waals surface area contributed by atoms with Crippen LogP contribution in [0.1, 0.15) is 5.56 Å². The van der Waals surface area contributed by atoms with Gasteiger partial charge in [-0.3, -0.25) is 0 Å². The van der Waals surface area contributed by atoms with Crippen molar-refractivity contribution in [2.24, 2.45) is 0 Å². The summed E-state index contributed by atoms with van der Waals surface area (Å²) in [4.78, 5) is 4.42. The van der Waals surface area contributed by atoms with Crippen LogP contribution in [-0.2, 0) is 0 Å². The van der Waals surface area contributed by atoms with Gasteiger partial charge in [0.05, 0.1) is 0 Å². The largest absolute Gasteiger partial charge is 0.304 e. The molecule has 0 N–H and O–H groups in total. The van der Waals surface area contributed by atoms with Crippen molar-refractivity contribution < 1.29 is 0 Å². The quantitative estimate of drug-likeness (QED) is 0.604. The van der Waals surface area contributed by atoms with E-state index in [1.54, 1.807) is 0 Å². The lowest BCUT2D eigenvalue weighted by Gasteiger charge is -2.11. The van der Waals surface area contributed by atoms with E-state index in [0.29, 0.717) is 0 Å². The van der Waals surface area contributed by atoms with Crippen LogP contribution in [0.2, 0.25) is 0 Å². The molecule has 1 nitrogen and oxygen atoms in total. The molecule has 0 saturated carbocycles. The van der Waals surface area contributed by atoms with Gasteiger partial charge in [0.2, 0.25) is 0 Å². The lowest BCUT2D eigenvalue weighted by Crippen LogP contribution is -1.85. The maximum Gasteiger partial charge on any atom is 0.0190 e. The molecule has 0 atom stereocenters. The smallest absolute Gasteiger partial charge is 0.0190 e. The molecule has 19 heavy (non-hydrogen) atoms. The Morgan fingerprint density at radius 3 is 2.32 bits per heavy atom. The molecule has 92 valence electrons. The highest BCUT2D eigenvalue weighted by Crippen LogP contribution is 2.23. The molecule has 1 heteroatoms. The van der Waals surface area contributed by atoms with E-state index in [0.717, 1.165) is 11.3 Å². The summed E-state index contributed by atoms with van der Waals surface area (Å²) in [6, 6.07) is 23.9. The lowest BCUT2D eigenvalue weighted by atomic mass is 10.0. The van der Waals surface area contributed by atoms with Gasteiger partial charge in [-0.25, -0.2) is 0 Å². The van der Waals surface area contributed by atoms with Gasteiger partial charge in [0.25, 0.3) is 0 Å². The maximum absolute atomic E-state index is 4.42. The van der Waals surface area contributed by atoms with Crippen molar-refractivity contribution in [1.82, 2.24) is 4.98 Å². The molecule has 0 amide bonds. The number of rotatable bonds is 2. The first kappa shape index (κ1) is 11.7. The number of aromatic nitrogens is 1. The van der Waals surface area contributed by atoms with Gasteiger partial charge in [-0.05, 0) is 18.2 Å². The Balaban J connectivity index is 1.93. The molecule has 1 heterocycles. The zero-order chi connectivity index (χ0) is 13.1. The summed E-state index contributed by atoms with van der Waals surface area (Å²) >= 11 is 0. The molecular weight excluding hydrogens is 230 g/mol. The molecule has 0 aliphatic heterocycles. The molecule has 0 bridgehead atoms. The Bertz CT molecular complexity index is 652. The van der Waals surface area contributed by atoms with Crippen LogP contribution in [0.3, 0.4) is 0 Å². The van der Waals surface area contributed by atoms with Crippen LogP contribution in [0.4, 0.5) is 0 Å². The van der Waals surface area contributed by atoms with Crippen LogP contribution >= 0.6 is 0 Å². The highest BCUT2D eigenvalue weighted by Gasteiger charge is 1.93. The summed E-state index contributed by atoms with van der Waals surface area (Å²) < 4.78 is 0. The highest BCUT2D eigenvalue weighted by molar-refractivity contribution is 5.68. The van der Waals surface area contributed by atoms with E-state index in [9.17, 15) is 0 Å². The first-order valence-corrected chi connectivity index (χ1v) is 6.33. The van der Waals surface area contributed by atoms with Gasteiger partial charge in [-0.2, -0.15) is 0 Å². The monoisotopic (exact) mass is 244 g/mol. The Hall–Kier alpha value is -2.41.